The molecule has 0 radical (unpaired) electrons. The van der Waals surface area contributed by atoms with E-state index in [2.05, 4.69) is 5.32 Å². The number of hydrogen-bond acceptors (Lipinski definition) is 7. The third-order valence-corrected chi connectivity index (χ3v) is 5.35. The molecule has 1 N–H and O–H groups in total. The summed E-state index contributed by atoms with van der Waals surface area (Å²) in [6.45, 7) is 3.79. The van der Waals surface area contributed by atoms with Gasteiger partial charge in [-0.05, 0) is 42.8 Å². The molecule has 0 bridgehead atoms. The van der Waals surface area contributed by atoms with Gasteiger partial charge in [0.25, 0.3) is 11.8 Å². The number of nitrogens with zero attached hydrogens (tertiary/aromatic N) is 1. The molecule has 0 atom stereocenters. The van der Waals surface area contributed by atoms with Crippen LogP contribution < -0.4 is 20.4 Å². The highest BCUT2D eigenvalue weighted by atomic mass is 16.5. The molecule has 1 saturated heterocycles. The van der Waals surface area contributed by atoms with Crippen LogP contribution in [0.3, 0.4) is 0 Å². The van der Waals surface area contributed by atoms with E-state index >= 15 is 0 Å². The van der Waals surface area contributed by atoms with Crippen molar-refractivity contribution in [3.63, 3.8) is 0 Å². The van der Waals surface area contributed by atoms with E-state index in [-0.39, 0.29) is 18.4 Å². The number of carbonyl (C=O) groups excluding carboxylic acids is 2. The molecule has 0 spiro atoms. The fourth-order valence-corrected chi connectivity index (χ4v) is 3.58. The van der Waals surface area contributed by atoms with Gasteiger partial charge in [0.2, 0.25) is 0 Å². The van der Waals surface area contributed by atoms with E-state index in [1.165, 1.54) is 19.2 Å². The number of hydrogen-bond donors (Lipinski definition) is 1. The molecule has 2 aromatic carbocycles. The summed E-state index contributed by atoms with van der Waals surface area (Å²) in [5.41, 5.74) is 1.56. The molecule has 2 heterocycles. The third kappa shape index (κ3) is 5.15. The van der Waals surface area contributed by atoms with E-state index in [1.807, 2.05) is 6.92 Å². The minimum Gasteiger partial charge on any atom is -0.493 e. The molecule has 1 aliphatic heterocycles. The normalized spacial score (nSPS) is 13.6. The van der Waals surface area contributed by atoms with Crippen molar-refractivity contribution in [3.8, 4) is 11.5 Å². The first-order valence-corrected chi connectivity index (χ1v) is 10.5. The number of fused-ring (bicyclic) bond motifs is 1. The van der Waals surface area contributed by atoms with Crippen LogP contribution in [0.25, 0.3) is 11.0 Å². The van der Waals surface area contributed by atoms with Crippen molar-refractivity contribution in [2.24, 2.45) is 0 Å². The Bertz CT molecular complexity index is 1250. The van der Waals surface area contributed by atoms with Crippen molar-refractivity contribution in [2.45, 2.75) is 6.92 Å². The predicted molar refractivity (Wildman–Crippen MR) is 121 cm³/mol. The minimum absolute atomic E-state index is 0.135. The van der Waals surface area contributed by atoms with Crippen molar-refractivity contribution >= 4 is 28.5 Å². The Morgan fingerprint density at radius 3 is 2.61 bits per heavy atom. The van der Waals surface area contributed by atoms with Crippen molar-refractivity contribution in [2.75, 3.05) is 45.3 Å². The van der Waals surface area contributed by atoms with E-state index in [1.54, 1.807) is 35.2 Å². The Morgan fingerprint density at radius 2 is 1.85 bits per heavy atom. The third-order valence-electron chi connectivity index (χ3n) is 5.35. The molecule has 172 valence electrons. The maximum Gasteiger partial charge on any atom is 0.336 e. The number of methoxy groups -OCH3 is 1. The van der Waals surface area contributed by atoms with Crippen molar-refractivity contribution in [1.82, 2.24) is 4.90 Å². The average Bonchev–Trinajstić information content (AvgIpc) is 2.82. The van der Waals surface area contributed by atoms with E-state index in [0.717, 1.165) is 10.9 Å². The van der Waals surface area contributed by atoms with Crippen LogP contribution >= 0.6 is 0 Å². The summed E-state index contributed by atoms with van der Waals surface area (Å²) < 4.78 is 21.5. The second-order valence-corrected chi connectivity index (χ2v) is 7.56. The molecule has 0 aliphatic carbocycles. The summed E-state index contributed by atoms with van der Waals surface area (Å²) in [5.74, 6) is 0.176. The van der Waals surface area contributed by atoms with Crippen LogP contribution in [0.4, 0.5) is 5.69 Å². The summed E-state index contributed by atoms with van der Waals surface area (Å²) >= 11 is 0. The number of ether oxygens (including phenoxy) is 3. The van der Waals surface area contributed by atoms with Gasteiger partial charge < -0.3 is 28.8 Å². The number of aryl methyl sites for hydroxylation is 1. The first-order valence-electron chi connectivity index (χ1n) is 10.5. The molecule has 3 aromatic rings. The molecular formula is C24H24N2O7. The van der Waals surface area contributed by atoms with Gasteiger partial charge in [0.1, 0.15) is 5.58 Å². The first-order chi connectivity index (χ1) is 15.9. The smallest absolute Gasteiger partial charge is 0.336 e. The highest BCUT2D eigenvalue weighted by Crippen LogP contribution is 2.29. The average molecular weight is 452 g/mol. The highest BCUT2D eigenvalue weighted by molar-refractivity contribution is 6.05. The number of anilines is 1. The number of benzene rings is 2. The number of morpholine rings is 1. The number of nitrogens with one attached hydrogen (secondary N) is 1. The van der Waals surface area contributed by atoms with Crippen LogP contribution in [0.5, 0.6) is 11.5 Å². The summed E-state index contributed by atoms with van der Waals surface area (Å²) in [4.78, 5) is 38.4. The van der Waals surface area contributed by atoms with Gasteiger partial charge in [-0.3, -0.25) is 9.59 Å². The molecule has 4 rings (SSSR count). The lowest BCUT2D eigenvalue weighted by Crippen LogP contribution is -2.43. The number of rotatable bonds is 6. The topological polar surface area (TPSA) is 107 Å². The molecule has 1 fully saturated rings. The monoisotopic (exact) mass is 452 g/mol. The zero-order valence-electron chi connectivity index (χ0n) is 18.4. The van der Waals surface area contributed by atoms with E-state index in [9.17, 15) is 14.4 Å². The first kappa shape index (κ1) is 22.3. The summed E-state index contributed by atoms with van der Waals surface area (Å²) in [6.07, 6.45) is 0. The Balaban J connectivity index is 1.45. The van der Waals surface area contributed by atoms with Gasteiger partial charge in [-0.25, -0.2) is 4.79 Å². The largest absolute Gasteiger partial charge is 0.493 e. The van der Waals surface area contributed by atoms with Crippen LogP contribution in [-0.2, 0) is 9.53 Å². The Hall–Kier alpha value is -3.85. The summed E-state index contributed by atoms with van der Waals surface area (Å²) in [6, 6.07) is 11.3. The molecule has 0 unspecified atom stereocenters. The lowest BCUT2D eigenvalue weighted by Gasteiger charge is -2.26. The Kier molecular flexibility index (Phi) is 6.60. The zero-order valence-corrected chi connectivity index (χ0v) is 18.4. The van der Waals surface area contributed by atoms with E-state index in [4.69, 9.17) is 18.6 Å². The number of amides is 2. The molecular weight excluding hydrogens is 428 g/mol. The maximum atomic E-state index is 12.8. The zero-order chi connectivity index (χ0) is 23.4. The van der Waals surface area contributed by atoms with Crippen molar-refractivity contribution < 1.29 is 28.2 Å². The van der Waals surface area contributed by atoms with Crippen LogP contribution in [0.15, 0.2) is 51.7 Å². The van der Waals surface area contributed by atoms with Crippen LogP contribution in [0, 0.1) is 6.92 Å². The van der Waals surface area contributed by atoms with Gasteiger partial charge in [-0.15, -0.1) is 0 Å². The van der Waals surface area contributed by atoms with Gasteiger partial charge in [0.05, 0.1) is 20.3 Å². The summed E-state index contributed by atoms with van der Waals surface area (Å²) in [7, 11) is 1.46. The van der Waals surface area contributed by atoms with Crippen LogP contribution in [0.2, 0.25) is 0 Å². The SMILES string of the molecule is COc1cc(C(=O)Nc2ccc3c(C)cc(=O)oc3c2)ccc1OCC(=O)N1CCOCC1. The Morgan fingerprint density at radius 1 is 1.06 bits per heavy atom. The molecule has 1 aliphatic rings. The second-order valence-electron chi connectivity index (χ2n) is 7.56. The quantitative estimate of drug-likeness (QED) is 0.573. The maximum absolute atomic E-state index is 12.8. The molecule has 33 heavy (non-hydrogen) atoms. The van der Waals surface area contributed by atoms with Gasteiger partial charge in [0.15, 0.2) is 18.1 Å². The minimum atomic E-state index is -0.448. The fraction of sp³-hybridized carbons (Fsp3) is 0.292. The van der Waals surface area contributed by atoms with Crippen molar-refractivity contribution in [3.05, 3.63) is 64.0 Å². The summed E-state index contributed by atoms with van der Waals surface area (Å²) in [5, 5.41) is 3.58. The lowest BCUT2D eigenvalue weighted by molar-refractivity contribution is -0.137. The predicted octanol–water partition coefficient (Wildman–Crippen LogP) is 2.60. The van der Waals surface area contributed by atoms with Gasteiger partial charge in [-0.1, -0.05) is 0 Å². The Labute approximate surface area is 189 Å². The van der Waals surface area contributed by atoms with Crippen LogP contribution in [-0.4, -0.2) is 56.7 Å². The second kappa shape index (κ2) is 9.74. The van der Waals surface area contributed by atoms with Gasteiger partial charge in [-0.2, -0.15) is 0 Å². The molecule has 9 nitrogen and oxygen atoms in total. The van der Waals surface area contributed by atoms with Crippen LogP contribution in [0.1, 0.15) is 15.9 Å². The molecule has 2 amide bonds. The van der Waals surface area contributed by atoms with E-state index in [0.29, 0.717) is 54.6 Å². The van der Waals surface area contributed by atoms with Gasteiger partial charge in [0, 0.05) is 41.9 Å². The van der Waals surface area contributed by atoms with E-state index < -0.39 is 5.63 Å². The fourth-order valence-electron chi connectivity index (χ4n) is 3.58. The molecule has 1 aromatic heterocycles. The molecule has 9 heteroatoms. The molecule has 0 saturated carbocycles. The van der Waals surface area contributed by atoms with Gasteiger partial charge >= 0.3 is 5.63 Å². The lowest BCUT2D eigenvalue weighted by atomic mass is 10.1. The highest BCUT2D eigenvalue weighted by Gasteiger charge is 2.19. The standard InChI is InChI=1S/C24H24N2O7/c1-15-11-23(28)33-20-13-17(4-5-18(15)20)25-24(29)16-3-6-19(21(12-16)30-2)32-14-22(27)26-7-9-31-10-8-26/h3-6,11-13H,7-10,14H2,1-2H3,(H,25,29). The number of carbonyl (C=O) groups is 2. The van der Waals surface area contributed by atoms with Crippen molar-refractivity contribution in [1.29, 1.82) is 0 Å².